The molecule has 1 saturated carbocycles. The van der Waals surface area contributed by atoms with E-state index < -0.39 is 12.6 Å². The molecule has 3 unspecified atom stereocenters. The van der Waals surface area contributed by atoms with Crippen molar-refractivity contribution in [3.63, 3.8) is 0 Å². The van der Waals surface area contributed by atoms with Gasteiger partial charge >= 0.3 is 6.18 Å². The van der Waals surface area contributed by atoms with Crippen LogP contribution in [0.4, 0.5) is 13.2 Å². The third-order valence-electron chi connectivity index (χ3n) is 3.69. The van der Waals surface area contributed by atoms with Gasteiger partial charge in [-0.1, -0.05) is 6.92 Å². The van der Waals surface area contributed by atoms with Gasteiger partial charge in [-0.15, -0.1) is 0 Å². The highest BCUT2D eigenvalue weighted by atomic mass is 19.4. The van der Waals surface area contributed by atoms with Crippen LogP contribution in [0.5, 0.6) is 0 Å². The molecular formula is C13H23F3N2O. The van der Waals surface area contributed by atoms with Gasteiger partial charge < -0.3 is 11.1 Å². The van der Waals surface area contributed by atoms with Gasteiger partial charge in [-0.25, -0.2) is 0 Å². The maximum Gasteiger partial charge on any atom is 0.389 e. The monoisotopic (exact) mass is 280 g/mol. The maximum absolute atomic E-state index is 11.9. The fourth-order valence-electron chi connectivity index (χ4n) is 2.50. The summed E-state index contributed by atoms with van der Waals surface area (Å²) in [5, 5.41) is 2.70. The van der Waals surface area contributed by atoms with E-state index in [-0.39, 0.29) is 24.3 Å². The molecule has 3 atom stereocenters. The molecule has 1 aliphatic carbocycles. The quantitative estimate of drug-likeness (QED) is 0.761. The van der Waals surface area contributed by atoms with Crippen molar-refractivity contribution in [3.05, 3.63) is 0 Å². The number of amides is 1. The number of unbranched alkanes of at least 4 members (excludes halogenated alkanes) is 1. The molecule has 0 spiro atoms. The third kappa shape index (κ3) is 6.27. The Bertz CT molecular complexity index is 294. The average molecular weight is 280 g/mol. The first-order chi connectivity index (χ1) is 8.79. The molecular weight excluding hydrogens is 257 g/mol. The van der Waals surface area contributed by atoms with Crippen molar-refractivity contribution >= 4 is 5.91 Å². The van der Waals surface area contributed by atoms with Gasteiger partial charge in [0.2, 0.25) is 5.91 Å². The van der Waals surface area contributed by atoms with Crippen LogP contribution in [0.25, 0.3) is 0 Å². The summed E-state index contributed by atoms with van der Waals surface area (Å²) in [5.74, 6) is 0.193. The van der Waals surface area contributed by atoms with Crippen molar-refractivity contribution in [1.29, 1.82) is 0 Å². The number of alkyl halides is 3. The van der Waals surface area contributed by atoms with Gasteiger partial charge in [-0.2, -0.15) is 13.2 Å². The van der Waals surface area contributed by atoms with E-state index in [0.29, 0.717) is 18.9 Å². The molecule has 0 aromatic carbocycles. The lowest BCUT2D eigenvalue weighted by atomic mass is 9.79. The van der Waals surface area contributed by atoms with Crippen LogP contribution < -0.4 is 11.1 Å². The summed E-state index contributed by atoms with van der Waals surface area (Å²) < 4.78 is 35.8. The summed E-state index contributed by atoms with van der Waals surface area (Å²) in [4.78, 5) is 11.9. The first-order valence-electron chi connectivity index (χ1n) is 6.89. The zero-order chi connectivity index (χ0) is 14.5. The third-order valence-corrected chi connectivity index (χ3v) is 3.69. The van der Waals surface area contributed by atoms with Crippen molar-refractivity contribution in [3.8, 4) is 0 Å². The minimum absolute atomic E-state index is 0.0525. The minimum atomic E-state index is -4.11. The Hall–Kier alpha value is -0.780. The zero-order valence-electron chi connectivity index (χ0n) is 11.3. The van der Waals surface area contributed by atoms with E-state index in [1.807, 2.05) is 0 Å². The maximum atomic E-state index is 11.9. The van der Waals surface area contributed by atoms with E-state index in [9.17, 15) is 18.0 Å². The van der Waals surface area contributed by atoms with E-state index in [1.165, 1.54) is 0 Å². The standard InChI is InChI=1S/C13H23F3N2O/c1-9-4-5-11(17)10(8-9)12(19)18-7-3-2-6-13(14,15)16/h9-11H,2-8,17H2,1H3,(H,18,19). The SMILES string of the molecule is CC1CCC(N)C(C(=O)NCCCCC(F)(F)F)C1. The van der Waals surface area contributed by atoms with Gasteiger partial charge in [0.15, 0.2) is 0 Å². The molecule has 0 saturated heterocycles. The van der Waals surface area contributed by atoms with Crippen molar-refractivity contribution in [1.82, 2.24) is 5.32 Å². The first-order valence-corrected chi connectivity index (χ1v) is 6.89. The molecule has 1 fully saturated rings. The number of carbonyl (C=O) groups is 1. The summed E-state index contributed by atoms with van der Waals surface area (Å²) in [5.41, 5.74) is 5.92. The number of rotatable bonds is 5. The van der Waals surface area contributed by atoms with Gasteiger partial charge in [-0.05, 0) is 38.0 Å². The summed E-state index contributed by atoms with van der Waals surface area (Å²) in [6, 6.07) is -0.119. The van der Waals surface area contributed by atoms with Crippen LogP contribution in [0.15, 0.2) is 0 Å². The van der Waals surface area contributed by atoms with Crippen LogP contribution in [0.2, 0.25) is 0 Å². The lowest BCUT2D eigenvalue weighted by Gasteiger charge is -2.31. The molecule has 19 heavy (non-hydrogen) atoms. The smallest absolute Gasteiger partial charge is 0.356 e. The number of hydrogen-bond acceptors (Lipinski definition) is 2. The Morgan fingerprint density at radius 1 is 1.32 bits per heavy atom. The highest BCUT2D eigenvalue weighted by molar-refractivity contribution is 5.79. The second-order valence-corrected chi connectivity index (χ2v) is 5.55. The fourth-order valence-corrected chi connectivity index (χ4v) is 2.50. The molecule has 3 nitrogen and oxygen atoms in total. The van der Waals surface area contributed by atoms with Crippen LogP contribution in [-0.4, -0.2) is 24.7 Å². The first kappa shape index (κ1) is 16.3. The highest BCUT2D eigenvalue weighted by Gasteiger charge is 2.31. The normalized spacial score (nSPS) is 28.2. The van der Waals surface area contributed by atoms with Gasteiger partial charge in [0.1, 0.15) is 0 Å². The number of hydrogen-bond donors (Lipinski definition) is 2. The molecule has 6 heteroatoms. The molecule has 0 aromatic heterocycles. The number of carbonyl (C=O) groups excluding carboxylic acids is 1. The van der Waals surface area contributed by atoms with E-state index in [0.717, 1.165) is 19.3 Å². The van der Waals surface area contributed by atoms with Crippen molar-refractivity contribution in [2.45, 2.75) is 57.7 Å². The Balaban J connectivity index is 2.20. The molecule has 0 heterocycles. The van der Waals surface area contributed by atoms with Crippen LogP contribution >= 0.6 is 0 Å². The van der Waals surface area contributed by atoms with Crippen molar-refractivity contribution < 1.29 is 18.0 Å². The average Bonchev–Trinajstić information content (AvgIpc) is 2.30. The highest BCUT2D eigenvalue weighted by Crippen LogP contribution is 2.28. The number of halogens is 3. The van der Waals surface area contributed by atoms with Gasteiger partial charge in [0.05, 0.1) is 5.92 Å². The van der Waals surface area contributed by atoms with Crippen LogP contribution in [0.1, 0.15) is 45.4 Å². The molecule has 0 radical (unpaired) electrons. The molecule has 1 rings (SSSR count). The van der Waals surface area contributed by atoms with Gasteiger partial charge in [0.25, 0.3) is 0 Å². The number of nitrogens with one attached hydrogen (secondary N) is 1. The molecule has 0 aliphatic heterocycles. The van der Waals surface area contributed by atoms with E-state index in [4.69, 9.17) is 5.73 Å². The molecule has 3 N–H and O–H groups in total. The second kappa shape index (κ2) is 7.12. The Labute approximate surface area is 112 Å². The van der Waals surface area contributed by atoms with Crippen molar-refractivity contribution in [2.75, 3.05) is 6.54 Å². The Morgan fingerprint density at radius 3 is 2.63 bits per heavy atom. The molecule has 0 aromatic rings. The lowest BCUT2D eigenvalue weighted by molar-refractivity contribution is -0.135. The van der Waals surface area contributed by atoms with E-state index in [2.05, 4.69) is 12.2 Å². The van der Waals surface area contributed by atoms with E-state index in [1.54, 1.807) is 0 Å². The number of nitrogens with two attached hydrogens (primary N) is 1. The van der Waals surface area contributed by atoms with Crippen LogP contribution in [0.3, 0.4) is 0 Å². The zero-order valence-corrected chi connectivity index (χ0v) is 11.3. The van der Waals surface area contributed by atoms with Crippen LogP contribution in [0, 0.1) is 11.8 Å². The molecule has 112 valence electrons. The molecule has 1 amide bonds. The summed E-state index contributed by atoms with van der Waals surface area (Å²) in [6.07, 6.45) is -1.84. The lowest BCUT2D eigenvalue weighted by Crippen LogP contribution is -2.45. The fraction of sp³-hybridized carbons (Fsp3) is 0.923. The largest absolute Gasteiger partial charge is 0.389 e. The van der Waals surface area contributed by atoms with E-state index >= 15 is 0 Å². The molecule has 0 bridgehead atoms. The summed E-state index contributed by atoms with van der Waals surface area (Å²) in [6.45, 7) is 2.39. The summed E-state index contributed by atoms with van der Waals surface area (Å²) >= 11 is 0. The Kier molecular flexibility index (Phi) is 6.10. The predicted molar refractivity (Wildman–Crippen MR) is 67.4 cm³/mol. The van der Waals surface area contributed by atoms with Crippen molar-refractivity contribution in [2.24, 2.45) is 17.6 Å². The van der Waals surface area contributed by atoms with Crippen LogP contribution in [-0.2, 0) is 4.79 Å². The predicted octanol–water partition coefficient (Wildman–Crippen LogP) is 2.60. The molecule has 1 aliphatic rings. The Morgan fingerprint density at radius 2 is 2.00 bits per heavy atom. The topological polar surface area (TPSA) is 55.1 Å². The second-order valence-electron chi connectivity index (χ2n) is 5.55. The van der Waals surface area contributed by atoms with Gasteiger partial charge in [0, 0.05) is 19.0 Å². The van der Waals surface area contributed by atoms with Gasteiger partial charge in [-0.3, -0.25) is 4.79 Å². The minimum Gasteiger partial charge on any atom is -0.356 e. The summed E-state index contributed by atoms with van der Waals surface area (Å²) in [7, 11) is 0.